The molecule has 2 aliphatic rings. The Morgan fingerprint density at radius 2 is 2.10 bits per heavy atom. The fourth-order valence-corrected chi connectivity index (χ4v) is 3.45. The van der Waals surface area contributed by atoms with E-state index in [-0.39, 0.29) is 11.9 Å². The van der Waals surface area contributed by atoms with Crippen LogP contribution in [0, 0.1) is 0 Å². The smallest absolute Gasteiger partial charge is 0.251 e. The van der Waals surface area contributed by atoms with Crippen molar-refractivity contribution in [3.63, 3.8) is 0 Å². The molecule has 0 aromatic heterocycles. The Hall–Kier alpha value is -1.39. The van der Waals surface area contributed by atoms with Crippen molar-refractivity contribution in [1.29, 1.82) is 0 Å². The first-order chi connectivity index (χ1) is 10.3. The molecule has 3 rings (SSSR count). The van der Waals surface area contributed by atoms with Crippen molar-refractivity contribution in [2.45, 2.75) is 57.2 Å². The maximum atomic E-state index is 12.6. The fraction of sp³-hybridized carbons (Fsp3) is 0.588. The highest BCUT2D eigenvalue weighted by molar-refractivity contribution is 5.96. The highest BCUT2D eigenvalue weighted by atomic mass is 16.3. The number of nitrogens with one attached hydrogen (secondary N) is 2. The monoisotopic (exact) mass is 288 g/mol. The molecule has 3 N–H and O–H groups in total. The van der Waals surface area contributed by atoms with E-state index in [4.69, 9.17) is 0 Å². The van der Waals surface area contributed by atoms with Crippen LogP contribution in [0.1, 0.15) is 53.6 Å². The molecule has 1 heterocycles. The highest BCUT2D eigenvalue weighted by Gasteiger charge is 2.25. The topological polar surface area (TPSA) is 61.4 Å². The molecule has 4 nitrogen and oxygen atoms in total. The van der Waals surface area contributed by atoms with Crippen molar-refractivity contribution in [2.24, 2.45) is 0 Å². The zero-order valence-corrected chi connectivity index (χ0v) is 12.4. The molecule has 0 saturated heterocycles. The summed E-state index contributed by atoms with van der Waals surface area (Å²) >= 11 is 0. The molecule has 1 aliphatic carbocycles. The van der Waals surface area contributed by atoms with E-state index < -0.39 is 6.10 Å². The van der Waals surface area contributed by atoms with Gasteiger partial charge in [0.2, 0.25) is 0 Å². The summed E-state index contributed by atoms with van der Waals surface area (Å²) in [6.45, 7) is 1.76. The molecule has 114 valence electrons. The first-order valence-corrected chi connectivity index (χ1v) is 8.06. The first kappa shape index (κ1) is 14.5. The second-order valence-electron chi connectivity index (χ2n) is 6.16. The highest BCUT2D eigenvalue weighted by Crippen LogP contribution is 2.21. The number of aliphatic hydroxyl groups is 1. The lowest BCUT2D eigenvalue weighted by Gasteiger charge is -2.24. The Balaban J connectivity index is 1.76. The van der Waals surface area contributed by atoms with Crippen molar-refractivity contribution in [1.82, 2.24) is 10.6 Å². The normalized spacial score (nSPS) is 25.8. The predicted molar refractivity (Wildman–Crippen MR) is 82.2 cm³/mol. The maximum absolute atomic E-state index is 12.6. The standard InChI is InChI=1S/C17H24N2O2/c20-16-8-3-1-2-7-15(16)19-17(21)14-6-4-5-12-11-18-10-9-13(12)14/h4-6,15-16,18,20H,1-3,7-11H2,(H,19,21). The summed E-state index contributed by atoms with van der Waals surface area (Å²) in [7, 11) is 0. The number of rotatable bonds is 2. The van der Waals surface area contributed by atoms with Crippen LogP contribution in [0.4, 0.5) is 0 Å². The Bertz CT molecular complexity index is 516. The minimum Gasteiger partial charge on any atom is -0.391 e. The lowest BCUT2D eigenvalue weighted by atomic mass is 9.94. The maximum Gasteiger partial charge on any atom is 0.251 e. The fourth-order valence-electron chi connectivity index (χ4n) is 3.45. The van der Waals surface area contributed by atoms with Gasteiger partial charge in [0, 0.05) is 12.1 Å². The summed E-state index contributed by atoms with van der Waals surface area (Å²) in [5.41, 5.74) is 3.16. The zero-order valence-electron chi connectivity index (χ0n) is 12.4. The quantitative estimate of drug-likeness (QED) is 0.727. The SMILES string of the molecule is O=C(NC1CCCCCC1O)c1cccc2c1CCNC2. The van der Waals surface area contributed by atoms with Gasteiger partial charge in [0.1, 0.15) is 0 Å². The van der Waals surface area contributed by atoms with Crippen LogP contribution in [0.2, 0.25) is 0 Å². The third kappa shape index (κ3) is 3.27. The van der Waals surface area contributed by atoms with Gasteiger partial charge in [0.05, 0.1) is 12.1 Å². The molecule has 1 aromatic carbocycles. The van der Waals surface area contributed by atoms with Crippen LogP contribution < -0.4 is 10.6 Å². The molecule has 1 amide bonds. The van der Waals surface area contributed by atoms with Gasteiger partial charge in [-0.1, -0.05) is 31.4 Å². The van der Waals surface area contributed by atoms with Gasteiger partial charge in [-0.3, -0.25) is 4.79 Å². The van der Waals surface area contributed by atoms with Crippen LogP contribution in [0.15, 0.2) is 18.2 Å². The molecule has 1 aromatic rings. The lowest BCUT2D eigenvalue weighted by molar-refractivity contribution is 0.0817. The van der Waals surface area contributed by atoms with Crippen LogP contribution in [0.3, 0.4) is 0 Å². The largest absolute Gasteiger partial charge is 0.391 e. The summed E-state index contributed by atoms with van der Waals surface area (Å²) in [4.78, 5) is 12.6. The minimum absolute atomic E-state index is 0.0281. The molecule has 1 aliphatic heterocycles. The van der Waals surface area contributed by atoms with Gasteiger partial charge in [0.15, 0.2) is 0 Å². The molecule has 0 spiro atoms. The van der Waals surface area contributed by atoms with Gasteiger partial charge >= 0.3 is 0 Å². The number of carbonyl (C=O) groups excluding carboxylic acids is 1. The number of benzene rings is 1. The van der Waals surface area contributed by atoms with Crippen molar-refractivity contribution in [2.75, 3.05) is 6.54 Å². The summed E-state index contributed by atoms with van der Waals surface area (Å²) in [5, 5.41) is 16.6. The van der Waals surface area contributed by atoms with E-state index in [0.29, 0.717) is 0 Å². The van der Waals surface area contributed by atoms with Gasteiger partial charge in [0.25, 0.3) is 5.91 Å². The summed E-state index contributed by atoms with van der Waals surface area (Å²) < 4.78 is 0. The number of aliphatic hydroxyl groups excluding tert-OH is 1. The summed E-state index contributed by atoms with van der Waals surface area (Å²) in [6, 6.07) is 5.84. The van der Waals surface area contributed by atoms with E-state index in [2.05, 4.69) is 16.7 Å². The predicted octanol–water partition coefficient (Wildman–Crippen LogP) is 1.76. The Kier molecular flexibility index (Phi) is 4.56. The number of fused-ring (bicyclic) bond motifs is 1. The number of hydrogen-bond acceptors (Lipinski definition) is 3. The van der Waals surface area contributed by atoms with E-state index in [1.807, 2.05) is 12.1 Å². The average molecular weight is 288 g/mol. The molecule has 4 heteroatoms. The van der Waals surface area contributed by atoms with Gasteiger partial charge in [-0.2, -0.15) is 0 Å². The summed E-state index contributed by atoms with van der Waals surface area (Å²) in [5.74, 6) is -0.0281. The molecule has 2 atom stereocenters. The molecule has 21 heavy (non-hydrogen) atoms. The number of hydrogen-bond donors (Lipinski definition) is 3. The average Bonchev–Trinajstić information content (AvgIpc) is 2.71. The second kappa shape index (κ2) is 6.58. The van der Waals surface area contributed by atoms with Crippen LogP contribution in [0.25, 0.3) is 0 Å². The van der Waals surface area contributed by atoms with Crippen LogP contribution >= 0.6 is 0 Å². The van der Waals surface area contributed by atoms with Gasteiger partial charge in [-0.05, 0) is 43.0 Å². The second-order valence-corrected chi connectivity index (χ2v) is 6.16. The first-order valence-electron chi connectivity index (χ1n) is 8.06. The van der Waals surface area contributed by atoms with Gasteiger partial charge < -0.3 is 15.7 Å². The van der Waals surface area contributed by atoms with E-state index in [0.717, 1.165) is 62.7 Å². The van der Waals surface area contributed by atoms with Crippen molar-refractivity contribution >= 4 is 5.91 Å². The van der Waals surface area contributed by atoms with Crippen LogP contribution in [-0.4, -0.2) is 29.7 Å². The van der Waals surface area contributed by atoms with Crippen LogP contribution in [-0.2, 0) is 13.0 Å². The van der Waals surface area contributed by atoms with Crippen molar-refractivity contribution in [3.05, 3.63) is 34.9 Å². The number of amides is 1. The van der Waals surface area contributed by atoms with Crippen molar-refractivity contribution in [3.8, 4) is 0 Å². The molecule has 0 radical (unpaired) electrons. The molecule has 1 fully saturated rings. The lowest BCUT2D eigenvalue weighted by Crippen LogP contribution is -2.43. The Morgan fingerprint density at radius 3 is 3.00 bits per heavy atom. The van der Waals surface area contributed by atoms with Crippen LogP contribution in [0.5, 0.6) is 0 Å². The van der Waals surface area contributed by atoms with E-state index in [1.165, 1.54) is 5.56 Å². The van der Waals surface area contributed by atoms with Gasteiger partial charge in [-0.25, -0.2) is 0 Å². The summed E-state index contributed by atoms with van der Waals surface area (Å²) in [6.07, 6.45) is 5.45. The molecular formula is C17H24N2O2. The van der Waals surface area contributed by atoms with E-state index in [9.17, 15) is 9.90 Å². The Labute approximate surface area is 125 Å². The minimum atomic E-state index is -0.405. The van der Waals surface area contributed by atoms with E-state index >= 15 is 0 Å². The van der Waals surface area contributed by atoms with Crippen molar-refractivity contribution < 1.29 is 9.90 Å². The molecule has 2 unspecified atom stereocenters. The third-order valence-electron chi connectivity index (χ3n) is 4.68. The zero-order chi connectivity index (χ0) is 14.7. The number of carbonyl (C=O) groups is 1. The van der Waals surface area contributed by atoms with E-state index in [1.54, 1.807) is 0 Å². The molecule has 0 bridgehead atoms. The molecular weight excluding hydrogens is 264 g/mol. The van der Waals surface area contributed by atoms with Gasteiger partial charge in [-0.15, -0.1) is 0 Å². The Morgan fingerprint density at radius 1 is 1.24 bits per heavy atom. The third-order valence-corrected chi connectivity index (χ3v) is 4.68. The molecule has 1 saturated carbocycles.